The van der Waals surface area contributed by atoms with Crippen molar-refractivity contribution >= 4 is 11.4 Å². The van der Waals surface area contributed by atoms with Crippen LogP contribution in [0.25, 0.3) is 0 Å². The maximum Gasteiger partial charge on any atom is 0.189 e. The minimum absolute atomic E-state index is 0.726. The summed E-state index contributed by atoms with van der Waals surface area (Å²) in [6.07, 6.45) is 10.3. The standard InChI is InChI=1S/C23H40N3/c1-6-10-14-20(8-3)17-26(18-21(9-4)15-11-7-2)22-16-12-13-19(5)23(22)24-25-26/h12-13,16,20-21H,6-11,14-15,17-18H2,1-5H3/q+1. The van der Waals surface area contributed by atoms with E-state index in [1.807, 2.05) is 0 Å². The smallest absolute Gasteiger partial charge is 0.144 e. The minimum atomic E-state index is 0.726. The van der Waals surface area contributed by atoms with Gasteiger partial charge in [-0.05, 0) is 38.2 Å². The first-order chi connectivity index (χ1) is 12.6. The van der Waals surface area contributed by atoms with E-state index < -0.39 is 0 Å². The number of fused-ring (bicyclic) bond motifs is 1. The van der Waals surface area contributed by atoms with Crippen LogP contribution in [0.1, 0.15) is 84.6 Å². The lowest BCUT2D eigenvalue weighted by molar-refractivity contribution is 0.187. The second-order valence-electron chi connectivity index (χ2n) is 8.25. The van der Waals surface area contributed by atoms with Crippen molar-refractivity contribution < 1.29 is 0 Å². The molecule has 0 saturated heterocycles. The van der Waals surface area contributed by atoms with Crippen molar-refractivity contribution in [3.8, 4) is 0 Å². The highest BCUT2D eigenvalue weighted by atomic mass is 15.7. The van der Waals surface area contributed by atoms with Crippen molar-refractivity contribution in [2.45, 2.75) is 86.0 Å². The maximum absolute atomic E-state index is 4.95. The Kier molecular flexibility index (Phi) is 8.27. The van der Waals surface area contributed by atoms with Gasteiger partial charge in [-0.15, -0.1) is 4.59 Å². The van der Waals surface area contributed by atoms with Gasteiger partial charge < -0.3 is 0 Å². The van der Waals surface area contributed by atoms with Gasteiger partial charge >= 0.3 is 0 Å². The summed E-state index contributed by atoms with van der Waals surface area (Å²) in [6.45, 7) is 13.7. The molecule has 3 nitrogen and oxygen atoms in total. The highest BCUT2D eigenvalue weighted by Gasteiger charge is 2.42. The highest BCUT2D eigenvalue weighted by Crippen LogP contribution is 2.45. The van der Waals surface area contributed by atoms with E-state index in [1.165, 1.54) is 62.6 Å². The first-order valence-electron chi connectivity index (χ1n) is 11.0. The van der Waals surface area contributed by atoms with Crippen LogP contribution in [-0.4, -0.2) is 13.1 Å². The van der Waals surface area contributed by atoms with E-state index in [0.717, 1.165) is 35.2 Å². The molecule has 3 heteroatoms. The summed E-state index contributed by atoms with van der Waals surface area (Å²) >= 11 is 0. The molecule has 1 aliphatic rings. The van der Waals surface area contributed by atoms with E-state index in [4.69, 9.17) is 5.22 Å². The molecule has 0 fully saturated rings. The fraction of sp³-hybridized carbons (Fsp3) is 0.739. The molecule has 0 spiro atoms. The summed E-state index contributed by atoms with van der Waals surface area (Å²) in [6, 6.07) is 6.64. The quantitative estimate of drug-likeness (QED) is 0.341. The lowest BCUT2D eigenvalue weighted by Crippen LogP contribution is -2.49. The number of nitrogens with zero attached hydrogens (tertiary/aromatic N) is 3. The Bertz CT molecular complexity index is 561. The fourth-order valence-electron chi connectivity index (χ4n) is 4.32. The van der Waals surface area contributed by atoms with Crippen LogP contribution in [0.4, 0.5) is 11.4 Å². The molecule has 2 atom stereocenters. The van der Waals surface area contributed by atoms with Crippen LogP contribution in [0.15, 0.2) is 28.5 Å². The molecule has 0 aliphatic carbocycles. The van der Waals surface area contributed by atoms with E-state index >= 15 is 0 Å². The molecule has 0 amide bonds. The molecule has 1 heterocycles. The Morgan fingerprint density at radius 3 is 1.96 bits per heavy atom. The van der Waals surface area contributed by atoms with Crippen LogP contribution in [0, 0.1) is 18.8 Å². The summed E-state index contributed by atoms with van der Waals surface area (Å²) in [5, 5.41) is 9.64. The van der Waals surface area contributed by atoms with Crippen LogP contribution >= 0.6 is 0 Å². The van der Waals surface area contributed by atoms with E-state index in [2.05, 4.69) is 57.9 Å². The van der Waals surface area contributed by atoms with Gasteiger partial charge in [0.1, 0.15) is 13.1 Å². The van der Waals surface area contributed by atoms with Crippen LogP contribution < -0.4 is 4.59 Å². The molecule has 1 aromatic carbocycles. The maximum atomic E-state index is 4.95. The third-order valence-corrected chi connectivity index (χ3v) is 6.19. The average molecular weight is 359 g/mol. The van der Waals surface area contributed by atoms with Gasteiger partial charge in [-0.2, -0.15) is 0 Å². The van der Waals surface area contributed by atoms with Crippen LogP contribution in [-0.2, 0) is 0 Å². The predicted molar refractivity (Wildman–Crippen MR) is 114 cm³/mol. The van der Waals surface area contributed by atoms with Gasteiger partial charge in [0, 0.05) is 23.1 Å². The van der Waals surface area contributed by atoms with Gasteiger partial charge in [-0.3, -0.25) is 0 Å². The number of benzene rings is 1. The molecule has 0 bridgehead atoms. The number of hydrogen-bond acceptors (Lipinski definition) is 2. The first kappa shape index (κ1) is 21.1. The van der Waals surface area contributed by atoms with E-state index in [1.54, 1.807) is 0 Å². The summed E-state index contributed by atoms with van der Waals surface area (Å²) in [5.74, 6) is 1.45. The average Bonchev–Trinajstić information content (AvgIpc) is 3.02. The summed E-state index contributed by atoms with van der Waals surface area (Å²) in [4.78, 5) is 0. The van der Waals surface area contributed by atoms with Crippen molar-refractivity contribution in [3.05, 3.63) is 23.8 Å². The topological polar surface area (TPSA) is 24.7 Å². The van der Waals surface area contributed by atoms with Gasteiger partial charge in [-0.1, -0.05) is 70.6 Å². The molecule has 1 aliphatic heterocycles. The third kappa shape index (κ3) is 4.94. The van der Waals surface area contributed by atoms with Gasteiger partial charge in [0.2, 0.25) is 0 Å². The summed E-state index contributed by atoms with van der Waals surface area (Å²) in [5.41, 5.74) is 3.73. The van der Waals surface area contributed by atoms with Crippen molar-refractivity contribution in [2.75, 3.05) is 13.1 Å². The van der Waals surface area contributed by atoms with Crippen LogP contribution in [0.2, 0.25) is 0 Å². The zero-order valence-corrected chi connectivity index (χ0v) is 17.8. The molecule has 1 aromatic rings. The number of unbranched alkanes of at least 4 members (excludes halogenated alkanes) is 2. The van der Waals surface area contributed by atoms with E-state index in [9.17, 15) is 0 Å². The van der Waals surface area contributed by atoms with Crippen LogP contribution in [0.5, 0.6) is 0 Å². The molecular formula is C23H40N3+. The van der Waals surface area contributed by atoms with Gasteiger partial charge in [0.25, 0.3) is 0 Å². The number of quaternary nitrogens is 1. The number of rotatable bonds is 12. The molecule has 0 saturated carbocycles. The highest BCUT2D eigenvalue weighted by molar-refractivity contribution is 5.69. The number of aryl methyl sites for hydroxylation is 1. The Morgan fingerprint density at radius 1 is 0.885 bits per heavy atom. The normalized spacial score (nSPS) is 21.0. The third-order valence-electron chi connectivity index (χ3n) is 6.19. The Balaban J connectivity index is 2.31. The summed E-state index contributed by atoms with van der Waals surface area (Å²) in [7, 11) is 0. The Hall–Kier alpha value is -1.22. The second-order valence-corrected chi connectivity index (χ2v) is 8.25. The lowest BCUT2D eigenvalue weighted by atomic mass is 9.94. The molecule has 0 N–H and O–H groups in total. The molecule has 2 unspecified atom stereocenters. The largest absolute Gasteiger partial charge is 0.189 e. The lowest BCUT2D eigenvalue weighted by Gasteiger charge is -2.34. The van der Waals surface area contributed by atoms with E-state index in [0.29, 0.717) is 0 Å². The zero-order chi connectivity index (χ0) is 19.0. The van der Waals surface area contributed by atoms with Crippen molar-refractivity contribution in [3.63, 3.8) is 0 Å². The van der Waals surface area contributed by atoms with Gasteiger partial charge in [-0.25, -0.2) is 0 Å². The Labute approximate surface area is 161 Å². The van der Waals surface area contributed by atoms with Crippen LogP contribution in [0.3, 0.4) is 0 Å². The van der Waals surface area contributed by atoms with Gasteiger partial charge in [0.05, 0.1) is 0 Å². The fourth-order valence-corrected chi connectivity index (χ4v) is 4.32. The molecule has 0 aromatic heterocycles. The Morgan fingerprint density at radius 2 is 1.46 bits per heavy atom. The van der Waals surface area contributed by atoms with Crippen molar-refractivity contribution in [1.82, 2.24) is 4.59 Å². The molecule has 26 heavy (non-hydrogen) atoms. The summed E-state index contributed by atoms with van der Waals surface area (Å²) < 4.78 is 0.738. The second kappa shape index (κ2) is 10.2. The molecule has 0 radical (unpaired) electrons. The van der Waals surface area contributed by atoms with Crippen molar-refractivity contribution in [1.29, 1.82) is 0 Å². The molecule has 146 valence electrons. The first-order valence-corrected chi connectivity index (χ1v) is 11.0. The van der Waals surface area contributed by atoms with E-state index in [-0.39, 0.29) is 0 Å². The van der Waals surface area contributed by atoms with Gasteiger partial charge in [0.15, 0.2) is 11.4 Å². The van der Waals surface area contributed by atoms with Crippen molar-refractivity contribution in [2.24, 2.45) is 22.2 Å². The minimum Gasteiger partial charge on any atom is -0.144 e. The SMILES string of the molecule is CCCCC(CC)C[N+]1(CC(CC)CCCC)N=Nc2c(C)cccc21. The predicted octanol–water partition coefficient (Wildman–Crippen LogP) is 7.75. The molecule has 2 rings (SSSR count). The monoisotopic (exact) mass is 358 g/mol. The molecular weight excluding hydrogens is 318 g/mol. The number of hydrogen-bond donors (Lipinski definition) is 0. The zero-order valence-electron chi connectivity index (χ0n) is 17.8.